The summed E-state index contributed by atoms with van der Waals surface area (Å²) in [4.78, 5) is 0. The average molecular weight is 1290 g/mol. The van der Waals surface area contributed by atoms with Crippen LogP contribution in [0.1, 0.15) is 0 Å². The van der Waals surface area contributed by atoms with Gasteiger partial charge in [-0.1, -0.05) is 224 Å². The molecular weight excluding hydrogens is 1230 g/mol. The topological polar surface area (TPSA) is 32.9 Å². The minimum absolute atomic E-state index is 0.888. The van der Waals surface area contributed by atoms with Crippen molar-refractivity contribution in [3.05, 3.63) is 340 Å². The molecule has 6 aromatic heterocycles. The van der Waals surface area contributed by atoms with Crippen LogP contribution in [0.5, 0.6) is 0 Å². The lowest BCUT2D eigenvalue weighted by Gasteiger charge is -2.11. The van der Waals surface area contributed by atoms with Gasteiger partial charge >= 0.3 is 0 Å². The Labute approximate surface area is 577 Å². The summed E-state index contributed by atoms with van der Waals surface area (Å²) in [5.41, 5.74) is 24.9. The summed E-state index contributed by atoms with van der Waals surface area (Å²) in [5.74, 6) is 0. The molecule has 22 aromatic rings. The monoisotopic (exact) mass is 1290 g/mol. The van der Waals surface area contributed by atoms with Gasteiger partial charge in [-0.2, -0.15) is 0 Å². The maximum Gasteiger partial charge on any atom is 0.145 e. The van der Waals surface area contributed by atoms with E-state index in [-0.39, 0.29) is 0 Å². The van der Waals surface area contributed by atoms with E-state index in [1.807, 2.05) is 11.3 Å². The van der Waals surface area contributed by atoms with E-state index < -0.39 is 0 Å². The van der Waals surface area contributed by atoms with Gasteiger partial charge < -0.3 is 22.7 Å². The molecule has 0 atom stereocenters. The zero-order valence-corrected chi connectivity index (χ0v) is 54.8. The summed E-state index contributed by atoms with van der Waals surface area (Å²) in [5, 5.41) is 17.0. The second-order valence-corrected chi connectivity index (χ2v) is 27.6. The zero-order chi connectivity index (χ0) is 65.3. The fraction of sp³-hybridized carbons (Fsp3) is 0. The fourth-order valence-electron chi connectivity index (χ4n) is 16.9. The second kappa shape index (κ2) is 21.2. The molecule has 464 valence electrons. The van der Waals surface area contributed by atoms with Gasteiger partial charge in [-0.05, 0) is 165 Å². The van der Waals surface area contributed by atoms with Crippen LogP contribution in [0.2, 0.25) is 0 Å². The third kappa shape index (κ3) is 7.93. The highest BCUT2D eigenvalue weighted by molar-refractivity contribution is 7.28. The first-order valence-electron chi connectivity index (χ1n) is 34.3. The third-order valence-corrected chi connectivity index (χ3v) is 22.6. The van der Waals surface area contributed by atoms with E-state index in [0.29, 0.717) is 0 Å². The molecule has 0 saturated carbocycles. The molecule has 0 radical (unpaired) electrons. The molecule has 0 aliphatic carbocycles. The van der Waals surface area contributed by atoms with E-state index in [1.165, 1.54) is 108 Å². The lowest BCUT2D eigenvalue weighted by atomic mass is 9.98. The van der Waals surface area contributed by atoms with Crippen molar-refractivity contribution in [1.29, 1.82) is 0 Å². The predicted octanol–water partition coefficient (Wildman–Crippen LogP) is 26.2. The Kier molecular flexibility index (Phi) is 11.7. The standard InChI is InChI=1S/C94H56N4OS/c1-6-20-57(21-7-1)62-41-49-79-76(54-62)86-81(95(79)65-24-10-3-11-25-65)51-46-71-72-47-52-82-87(92(72)99-91(71)86)77-55-63(58-22-8-2-9-23-58)42-50-80(77)96(82)68-43-38-60(39-44-68)59-34-36-61(37-35-59)64-40-45-74-84(56-64)97(66-26-12-4-13-27-66)83-53-48-75-85-69-30-16-17-31-70(69)90-89(94(85)100-93(75)88(74)83)73-32-18-19-33-78(73)98(90)67-28-14-5-15-29-67/h1-56H. The first-order valence-corrected chi connectivity index (χ1v) is 35.1. The van der Waals surface area contributed by atoms with Gasteiger partial charge in [-0.15, -0.1) is 11.3 Å². The van der Waals surface area contributed by atoms with Crippen molar-refractivity contribution in [2.75, 3.05) is 0 Å². The van der Waals surface area contributed by atoms with E-state index in [0.717, 1.165) is 99.3 Å². The van der Waals surface area contributed by atoms with E-state index in [4.69, 9.17) is 4.42 Å². The van der Waals surface area contributed by atoms with Gasteiger partial charge in [-0.25, -0.2) is 0 Å². The molecule has 0 fully saturated rings. The minimum atomic E-state index is 0.888. The number of nitrogens with zero attached hydrogens (tertiary/aromatic N) is 4. The molecule has 100 heavy (non-hydrogen) atoms. The van der Waals surface area contributed by atoms with Gasteiger partial charge in [0.05, 0.1) is 54.9 Å². The van der Waals surface area contributed by atoms with Crippen molar-refractivity contribution in [2.24, 2.45) is 0 Å². The van der Waals surface area contributed by atoms with E-state index in [2.05, 4.69) is 358 Å². The number of furan rings is 1. The summed E-state index contributed by atoms with van der Waals surface area (Å²) in [6.45, 7) is 0. The van der Waals surface area contributed by atoms with Gasteiger partial charge in [0.15, 0.2) is 0 Å². The maximum absolute atomic E-state index is 7.51. The highest BCUT2D eigenvalue weighted by Crippen LogP contribution is 2.52. The molecule has 0 bridgehead atoms. The van der Waals surface area contributed by atoms with Crippen LogP contribution in [-0.2, 0) is 0 Å². The lowest BCUT2D eigenvalue weighted by Crippen LogP contribution is -1.94. The van der Waals surface area contributed by atoms with E-state index >= 15 is 0 Å². The molecule has 6 heterocycles. The number of thiophene rings is 1. The molecule has 0 N–H and O–H groups in total. The summed E-state index contributed by atoms with van der Waals surface area (Å²) in [7, 11) is 0. The number of hydrogen-bond donors (Lipinski definition) is 0. The Morgan fingerprint density at radius 3 is 1.11 bits per heavy atom. The first kappa shape index (κ1) is 55.2. The number of aromatic nitrogens is 4. The average Bonchev–Trinajstić information content (AvgIpc) is 1.53. The predicted molar refractivity (Wildman–Crippen MR) is 423 cm³/mol. The van der Waals surface area contributed by atoms with Gasteiger partial charge in [0, 0.05) is 91.4 Å². The molecule has 0 saturated heterocycles. The molecule has 22 rings (SSSR count). The Hall–Kier alpha value is -13.0. The van der Waals surface area contributed by atoms with Crippen molar-refractivity contribution in [3.63, 3.8) is 0 Å². The van der Waals surface area contributed by atoms with Crippen molar-refractivity contribution >= 4 is 151 Å². The van der Waals surface area contributed by atoms with Crippen LogP contribution in [0.4, 0.5) is 0 Å². The Morgan fingerprint density at radius 2 is 0.550 bits per heavy atom. The van der Waals surface area contributed by atoms with Gasteiger partial charge in [-0.3, -0.25) is 0 Å². The summed E-state index contributed by atoms with van der Waals surface area (Å²) in [6.07, 6.45) is 0. The third-order valence-electron chi connectivity index (χ3n) is 21.3. The quantitative estimate of drug-likeness (QED) is 0.149. The number of benzene rings is 16. The molecular formula is C94H56N4OS. The first-order chi connectivity index (χ1) is 49.6. The van der Waals surface area contributed by atoms with Gasteiger partial charge in [0.1, 0.15) is 11.2 Å². The van der Waals surface area contributed by atoms with E-state index in [9.17, 15) is 0 Å². The number of para-hydroxylation sites is 4. The Balaban J connectivity index is 0.667. The molecule has 0 unspecified atom stereocenters. The van der Waals surface area contributed by atoms with Crippen LogP contribution in [-0.4, -0.2) is 18.3 Å². The van der Waals surface area contributed by atoms with Gasteiger partial charge in [0.2, 0.25) is 0 Å². The molecule has 0 aliphatic rings. The van der Waals surface area contributed by atoms with Crippen molar-refractivity contribution in [3.8, 4) is 67.3 Å². The number of rotatable bonds is 8. The van der Waals surface area contributed by atoms with Crippen LogP contribution < -0.4 is 0 Å². The summed E-state index contributed by atoms with van der Waals surface area (Å²) >= 11 is 1.95. The second-order valence-electron chi connectivity index (χ2n) is 26.6. The van der Waals surface area contributed by atoms with Gasteiger partial charge in [0.25, 0.3) is 0 Å². The fourth-order valence-corrected chi connectivity index (χ4v) is 18.4. The van der Waals surface area contributed by atoms with Crippen LogP contribution in [0.3, 0.4) is 0 Å². The van der Waals surface area contributed by atoms with Crippen molar-refractivity contribution in [2.45, 2.75) is 0 Å². The molecule has 5 nitrogen and oxygen atoms in total. The van der Waals surface area contributed by atoms with Crippen molar-refractivity contribution in [1.82, 2.24) is 18.3 Å². The highest BCUT2D eigenvalue weighted by Gasteiger charge is 2.27. The Morgan fingerprint density at radius 1 is 0.190 bits per heavy atom. The smallest absolute Gasteiger partial charge is 0.145 e. The molecule has 0 aliphatic heterocycles. The largest absolute Gasteiger partial charge is 0.455 e. The Bertz CT molecular complexity index is 7140. The molecule has 16 aromatic carbocycles. The summed E-state index contributed by atoms with van der Waals surface area (Å²) < 4.78 is 19.9. The lowest BCUT2D eigenvalue weighted by molar-refractivity contribution is 0.677. The SMILES string of the molecule is c1ccc(-c2ccc3c(c2)c2c4oc5c(ccc6c5c5cc(-c7ccccc7)ccc5n6-c5ccc(-c6ccc(-c7ccc8c9c%10sc%11c(c%12ccccc%12c%12c%11c%11ccccc%11n%12-c%11ccccc%11)c%10ccc9n(-c9ccccc9)c8c7)cc6)cc5)c4ccc2n3-c2ccccc2)cc1. The van der Waals surface area contributed by atoms with Crippen LogP contribution in [0, 0.1) is 0 Å². The van der Waals surface area contributed by atoms with Crippen LogP contribution >= 0.6 is 11.3 Å². The molecule has 0 amide bonds. The normalized spacial score (nSPS) is 12.2. The summed E-state index contributed by atoms with van der Waals surface area (Å²) in [6, 6.07) is 125. The minimum Gasteiger partial charge on any atom is -0.455 e. The van der Waals surface area contributed by atoms with Crippen molar-refractivity contribution < 1.29 is 4.42 Å². The van der Waals surface area contributed by atoms with Crippen LogP contribution in [0.25, 0.3) is 207 Å². The molecule has 0 spiro atoms. The zero-order valence-electron chi connectivity index (χ0n) is 53.9. The number of hydrogen-bond acceptors (Lipinski definition) is 2. The maximum atomic E-state index is 7.51. The van der Waals surface area contributed by atoms with Crippen LogP contribution in [0.15, 0.2) is 344 Å². The number of fused-ring (bicyclic) bond motifs is 25. The van der Waals surface area contributed by atoms with E-state index in [1.54, 1.807) is 0 Å². The molecule has 6 heteroatoms. The highest BCUT2D eigenvalue weighted by atomic mass is 32.1.